The van der Waals surface area contributed by atoms with Crippen LogP contribution < -0.4 is 0 Å². The van der Waals surface area contributed by atoms with Gasteiger partial charge in [0, 0.05) is 24.8 Å². The molecule has 0 aliphatic rings. The summed E-state index contributed by atoms with van der Waals surface area (Å²) >= 11 is 0. The lowest BCUT2D eigenvalue weighted by molar-refractivity contribution is -0.136. The first-order valence-corrected chi connectivity index (χ1v) is 6.40. The lowest BCUT2D eigenvalue weighted by Gasteiger charge is -2.04. The topological polar surface area (TPSA) is 77.1 Å². The highest BCUT2D eigenvalue weighted by atomic mass is 16.4. The van der Waals surface area contributed by atoms with Crippen LogP contribution in [0.2, 0.25) is 0 Å². The fourth-order valence-electron chi connectivity index (χ4n) is 2.31. The molecule has 0 radical (unpaired) electrons. The molecule has 0 unspecified atom stereocenters. The molecule has 3 aromatic rings. The van der Waals surface area contributed by atoms with Crippen LogP contribution in [0.3, 0.4) is 0 Å². The number of hydrogen-bond donors (Lipinski definition) is 1. The Labute approximate surface area is 120 Å². The fourth-order valence-corrected chi connectivity index (χ4v) is 2.31. The van der Waals surface area contributed by atoms with Gasteiger partial charge in [-0.3, -0.25) is 18.8 Å². The molecule has 0 atom stereocenters. The lowest BCUT2D eigenvalue weighted by Crippen LogP contribution is -2.10. The van der Waals surface area contributed by atoms with E-state index in [2.05, 4.69) is 5.10 Å². The molecular weight excluding hydrogens is 270 g/mol. The van der Waals surface area contributed by atoms with Crippen LogP contribution in [0.25, 0.3) is 10.9 Å². The zero-order chi connectivity index (χ0) is 15.0. The summed E-state index contributed by atoms with van der Waals surface area (Å²) < 4.78 is 3.08. The molecule has 106 valence electrons. The SMILES string of the molecule is Cn1cc(C(=O)n2ccc3ccc(CC(=O)O)cc32)cn1. The first-order chi connectivity index (χ1) is 10.0. The molecule has 6 nitrogen and oxygen atoms in total. The maximum atomic E-state index is 12.5. The summed E-state index contributed by atoms with van der Waals surface area (Å²) in [5.41, 5.74) is 1.84. The third-order valence-electron chi connectivity index (χ3n) is 3.28. The summed E-state index contributed by atoms with van der Waals surface area (Å²) in [6.07, 6.45) is 4.78. The van der Waals surface area contributed by atoms with Crippen LogP contribution in [-0.4, -0.2) is 31.3 Å². The number of benzene rings is 1. The minimum absolute atomic E-state index is 0.0673. The number of carboxylic acid groups (broad SMARTS) is 1. The Kier molecular flexibility index (Phi) is 3.06. The van der Waals surface area contributed by atoms with Crippen LogP contribution in [-0.2, 0) is 18.3 Å². The van der Waals surface area contributed by atoms with Crippen molar-refractivity contribution in [2.45, 2.75) is 6.42 Å². The molecule has 0 fully saturated rings. The number of hydrogen-bond acceptors (Lipinski definition) is 3. The van der Waals surface area contributed by atoms with Crippen molar-refractivity contribution in [3.05, 3.63) is 54.0 Å². The average Bonchev–Trinajstić information content (AvgIpc) is 3.03. The molecular formula is C15H13N3O3. The lowest BCUT2D eigenvalue weighted by atomic mass is 10.1. The average molecular weight is 283 g/mol. The van der Waals surface area contributed by atoms with E-state index in [0.29, 0.717) is 16.6 Å². The van der Waals surface area contributed by atoms with E-state index in [9.17, 15) is 9.59 Å². The van der Waals surface area contributed by atoms with Crippen molar-refractivity contribution < 1.29 is 14.7 Å². The highest BCUT2D eigenvalue weighted by Crippen LogP contribution is 2.19. The molecule has 1 aromatic carbocycles. The highest BCUT2D eigenvalue weighted by molar-refractivity contribution is 6.02. The van der Waals surface area contributed by atoms with E-state index in [4.69, 9.17) is 5.11 Å². The number of carboxylic acids is 1. The number of aryl methyl sites for hydroxylation is 1. The van der Waals surface area contributed by atoms with Gasteiger partial charge < -0.3 is 5.11 Å². The van der Waals surface area contributed by atoms with Gasteiger partial charge in [0.15, 0.2) is 0 Å². The normalized spacial score (nSPS) is 10.9. The van der Waals surface area contributed by atoms with Gasteiger partial charge in [-0.1, -0.05) is 12.1 Å². The fraction of sp³-hybridized carbons (Fsp3) is 0.133. The van der Waals surface area contributed by atoms with Gasteiger partial charge in [0.2, 0.25) is 0 Å². The molecule has 2 heterocycles. The van der Waals surface area contributed by atoms with Gasteiger partial charge >= 0.3 is 5.97 Å². The van der Waals surface area contributed by atoms with Crippen LogP contribution in [0, 0.1) is 0 Å². The molecule has 1 N–H and O–H groups in total. The van der Waals surface area contributed by atoms with Crippen LogP contribution in [0.5, 0.6) is 0 Å². The van der Waals surface area contributed by atoms with E-state index in [1.165, 1.54) is 10.8 Å². The van der Waals surface area contributed by atoms with Gasteiger partial charge in [0.25, 0.3) is 5.91 Å². The van der Waals surface area contributed by atoms with Crippen molar-refractivity contribution >= 4 is 22.8 Å². The highest BCUT2D eigenvalue weighted by Gasteiger charge is 2.13. The number of aliphatic carboxylic acids is 1. The minimum Gasteiger partial charge on any atom is -0.481 e. The Morgan fingerprint density at radius 2 is 2.10 bits per heavy atom. The van der Waals surface area contributed by atoms with E-state index in [1.54, 1.807) is 36.3 Å². The first-order valence-electron chi connectivity index (χ1n) is 6.40. The van der Waals surface area contributed by atoms with Crippen LogP contribution in [0.15, 0.2) is 42.9 Å². The molecule has 2 aromatic heterocycles. The summed E-state index contributed by atoms with van der Waals surface area (Å²) in [4.78, 5) is 23.3. The van der Waals surface area contributed by atoms with Crippen molar-refractivity contribution in [1.29, 1.82) is 0 Å². The van der Waals surface area contributed by atoms with E-state index in [1.807, 2.05) is 12.1 Å². The summed E-state index contributed by atoms with van der Waals surface area (Å²) in [5, 5.41) is 13.7. The molecule has 0 spiro atoms. The second kappa shape index (κ2) is 4.90. The number of rotatable bonds is 3. The number of carbonyl (C=O) groups is 2. The Balaban J connectivity index is 2.06. The van der Waals surface area contributed by atoms with E-state index in [0.717, 1.165) is 5.39 Å². The molecule has 0 bridgehead atoms. The van der Waals surface area contributed by atoms with Gasteiger partial charge in [0.05, 0.1) is 23.7 Å². The quantitative estimate of drug-likeness (QED) is 0.793. The van der Waals surface area contributed by atoms with Gasteiger partial charge in [0.1, 0.15) is 0 Å². The maximum Gasteiger partial charge on any atom is 0.307 e. The zero-order valence-electron chi connectivity index (χ0n) is 11.4. The summed E-state index contributed by atoms with van der Waals surface area (Å²) in [5.74, 6) is -1.09. The summed E-state index contributed by atoms with van der Waals surface area (Å²) in [7, 11) is 1.75. The second-order valence-electron chi connectivity index (χ2n) is 4.86. The number of aromatic nitrogens is 3. The van der Waals surface area contributed by atoms with Crippen molar-refractivity contribution in [3.8, 4) is 0 Å². The maximum absolute atomic E-state index is 12.5. The predicted molar refractivity (Wildman–Crippen MR) is 76.2 cm³/mol. The Morgan fingerprint density at radius 1 is 1.29 bits per heavy atom. The third-order valence-corrected chi connectivity index (χ3v) is 3.28. The van der Waals surface area contributed by atoms with Crippen molar-refractivity contribution in [2.24, 2.45) is 7.05 Å². The zero-order valence-corrected chi connectivity index (χ0v) is 11.4. The molecule has 3 rings (SSSR count). The molecule has 0 saturated carbocycles. The number of carbonyl (C=O) groups excluding carboxylic acids is 1. The van der Waals surface area contributed by atoms with E-state index in [-0.39, 0.29) is 12.3 Å². The van der Waals surface area contributed by atoms with Crippen molar-refractivity contribution in [2.75, 3.05) is 0 Å². The molecule has 21 heavy (non-hydrogen) atoms. The van der Waals surface area contributed by atoms with Crippen molar-refractivity contribution in [3.63, 3.8) is 0 Å². The molecule has 0 aliphatic heterocycles. The van der Waals surface area contributed by atoms with Crippen molar-refractivity contribution in [1.82, 2.24) is 14.3 Å². The van der Waals surface area contributed by atoms with Gasteiger partial charge in [-0.2, -0.15) is 5.10 Å². The third kappa shape index (κ3) is 2.43. The van der Waals surface area contributed by atoms with Gasteiger partial charge in [-0.05, 0) is 17.7 Å². The number of nitrogens with zero attached hydrogens (tertiary/aromatic N) is 3. The van der Waals surface area contributed by atoms with Gasteiger partial charge in [-0.15, -0.1) is 0 Å². The molecule has 0 aliphatic carbocycles. The minimum atomic E-state index is -0.897. The summed E-state index contributed by atoms with van der Waals surface area (Å²) in [6, 6.07) is 7.14. The second-order valence-corrected chi connectivity index (χ2v) is 4.86. The Bertz CT molecular complexity index is 845. The monoisotopic (exact) mass is 283 g/mol. The van der Waals surface area contributed by atoms with E-state index < -0.39 is 5.97 Å². The standard InChI is InChI=1S/C15H13N3O3/c1-17-9-12(8-16-17)15(21)18-5-4-11-3-2-10(6-13(11)18)7-14(19)20/h2-6,8-9H,7H2,1H3,(H,19,20). The smallest absolute Gasteiger partial charge is 0.307 e. The van der Waals surface area contributed by atoms with Crippen LogP contribution in [0.1, 0.15) is 15.9 Å². The first kappa shape index (κ1) is 13.1. The Hall–Kier alpha value is -2.89. The largest absolute Gasteiger partial charge is 0.481 e. The van der Waals surface area contributed by atoms with Crippen LogP contribution in [0.4, 0.5) is 0 Å². The molecule has 6 heteroatoms. The molecule has 0 saturated heterocycles. The van der Waals surface area contributed by atoms with E-state index >= 15 is 0 Å². The predicted octanol–water partition coefficient (Wildman–Crippen LogP) is 1.69. The number of fused-ring (bicyclic) bond motifs is 1. The van der Waals surface area contributed by atoms with Crippen LogP contribution >= 0.6 is 0 Å². The summed E-state index contributed by atoms with van der Waals surface area (Å²) in [6.45, 7) is 0. The van der Waals surface area contributed by atoms with Gasteiger partial charge in [-0.25, -0.2) is 0 Å². The Morgan fingerprint density at radius 3 is 2.76 bits per heavy atom. The molecule has 0 amide bonds.